The molecule has 0 fully saturated rings. The lowest BCUT2D eigenvalue weighted by Crippen LogP contribution is -2.11. The third-order valence-corrected chi connectivity index (χ3v) is 2.81. The Morgan fingerprint density at radius 2 is 1.81 bits per heavy atom. The second-order valence-corrected chi connectivity index (χ2v) is 5.25. The molecule has 0 amide bonds. The van der Waals surface area contributed by atoms with Crippen LogP contribution in [-0.2, 0) is 5.41 Å². The van der Waals surface area contributed by atoms with Gasteiger partial charge in [0.1, 0.15) is 0 Å². The van der Waals surface area contributed by atoms with Crippen molar-refractivity contribution in [2.24, 2.45) is 0 Å². The molecule has 0 aliphatic rings. The van der Waals surface area contributed by atoms with E-state index in [0.717, 1.165) is 18.4 Å². The standard InChI is InChI=1S/C15H22O/c1-5-6-7-14(16)12-8-10-13(11-9-12)15(2,3)4/h5,8-11,14,16H,1,6-7H2,2-4H3. The Kier molecular flexibility index (Phi) is 4.31. The zero-order valence-corrected chi connectivity index (χ0v) is 10.5. The highest BCUT2D eigenvalue weighted by molar-refractivity contribution is 5.28. The Hall–Kier alpha value is -1.08. The van der Waals surface area contributed by atoms with E-state index in [1.54, 1.807) is 0 Å². The van der Waals surface area contributed by atoms with Gasteiger partial charge in [0, 0.05) is 0 Å². The van der Waals surface area contributed by atoms with Gasteiger partial charge in [0.2, 0.25) is 0 Å². The highest BCUT2D eigenvalue weighted by atomic mass is 16.3. The van der Waals surface area contributed by atoms with Crippen LogP contribution in [0.5, 0.6) is 0 Å². The van der Waals surface area contributed by atoms with Crippen molar-refractivity contribution in [1.29, 1.82) is 0 Å². The molecular weight excluding hydrogens is 196 g/mol. The van der Waals surface area contributed by atoms with Crippen LogP contribution in [0.15, 0.2) is 36.9 Å². The van der Waals surface area contributed by atoms with E-state index in [2.05, 4.69) is 39.5 Å². The molecule has 1 rings (SSSR count). The van der Waals surface area contributed by atoms with E-state index in [4.69, 9.17) is 0 Å². The average molecular weight is 218 g/mol. The number of aliphatic hydroxyl groups is 1. The lowest BCUT2D eigenvalue weighted by Gasteiger charge is -2.20. The van der Waals surface area contributed by atoms with Gasteiger partial charge < -0.3 is 5.11 Å². The second-order valence-electron chi connectivity index (χ2n) is 5.25. The molecule has 0 saturated heterocycles. The summed E-state index contributed by atoms with van der Waals surface area (Å²) in [5, 5.41) is 9.90. The molecule has 0 radical (unpaired) electrons. The maximum Gasteiger partial charge on any atom is 0.0793 e. The van der Waals surface area contributed by atoms with Crippen molar-refractivity contribution in [1.82, 2.24) is 0 Å². The first-order chi connectivity index (χ1) is 7.45. The number of hydrogen-bond donors (Lipinski definition) is 1. The Labute approximate surface area is 98.8 Å². The zero-order valence-electron chi connectivity index (χ0n) is 10.5. The number of benzene rings is 1. The van der Waals surface area contributed by atoms with E-state index in [9.17, 15) is 5.11 Å². The van der Waals surface area contributed by atoms with Gasteiger partial charge in [-0.1, -0.05) is 51.1 Å². The second kappa shape index (κ2) is 5.31. The van der Waals surface area contributed by atoms with Crippen LogP contribution in [-0.4, -0.2) is 5.11 Å². The summed E-state index contributed by atoms with van der Waals surface area (Å²) in [5.41, 5.74) is 2.46. The maximum absolute atomic E-state index is 9.90. The largest absolute Gasteiger partial charge is 0.388 e. The normalized spacial score (nSPS) is 13.5. The molecule has 1 N–H and O–H groups in total. The predicted molar refractivity (Wildman–Crippen MR) is 69.5 cm³/mol. The summed E-state index contributed by atoms with van der Waals surface area (Å²) in [4.78, 5) is 0. The molecule has 0 heterocycles. The lowest BCUT2D eigenvalue weighted by molar-refractivity contribution is 0.168. The molecule has 0 aromatic heterocycles. The Balaban J connectivity index is 2.74. The minimum Gasteiger partial charge on any atom is -0.388 e. The minimum absolute atomic E-state index is 0.171. The van der Waals surface area contributed by atoms with Gasteiger partial charge in [-0.3, -0.25) is 0 Å². The van der Waals surface area contributed by atoms with Crippen molar-refractivity contribution in [2.45, 2.75) is 45.1 Å². The smallest absolute Gasteiger partial charge is 0.0793 e. The van der Waals surface area contributed by atoms with Gasteiger partial charge in [-0.25, -0.2) is 0 Å². The SMILES string of the molecule is C=CCCC(O)c1ccc(C(C)(C)C)cc1. The minimum atomic E-state index is -0.369. The molecule has 1 aromatic rings. The summed E-state index contributed by atoms with van der Waals surface area (Å²) < 4.78 is 0. The molecule has 1 aromatic carbocycles. The van der Waals surface area contributed by atoms with E-state index in [-0.39, 0.29) is 11.5 Å². The molecule has 0 bridgehead atoms. The summed E-state index contributed by atoms with van der Waals surface area (Å²) in [6.45, 7) is 10.2. The van der Waals surface area contributed by atoms with Gasteiger partial charge in [0.25, 0.3) is 0 Å². The number of hydrogen-bond acceptors (Lipinski definition) is 1. The number of rotatable bonds is 4. The van der Waals surface area contributed by atoms with Gasteiger partial charge >= 0.3 is 0 Å². The Morgan fingerprint density at radius 1 is 1.25 bits per heavy atom. The zero-order chi connectivity index (χ0) is 12.2. The van der Waals surface area contributed by atoms with Crippen LogP contribution in [0.3, 0.4) is 0 Å². The van der Waals surface area contributed by atoms with Crippen LogP contribution in [0.4, 0.5) is 0 Å². The first kappa shape index (κ1) is 13.0. The fourth-order valence-electron chi connectivity index (χ4n) is 1.65. The molecule has 1 unspecified atom stereocenters. The molecule has 88 valence electrons. The average Bonchev–Trinajstić information content (AvgIpc) is 2.25. The van der Waals surface area contributed by atoms with E-state index < -0.39 is 0 Å². The van der Waals surface area contributed by atoms with E-state index >= 15 is 0 Å². The predicted octanol–water partition coefficient (Wildman–Crippen LogP) is 3.98. The molecule has 16 heavy (non-hydrogen) atoms. The maximum atomic E-state index is 9.90. The van der Waals surface area contributed by atoms with Gasteiger partial charge in [0.05, 0.1) is 6.10 Å². The Morgan fingerprint density at radius 3 is 2.25 bits per heavy atom. The van der Waals surface area contributed by atoms with Crippen molar-refractivity contribution >= 4 is 0 Å². The van der Waals surface area contributed by atoms with Crippen LogP contribution in [0.25, 0.3) is 0 Å². The summed E-state index contributed by atoms with van der Waals surface area (Å²) in [6.07, 6.45) is 3.07. The third-order valence-electron chi connectivity index (χ3n) is 2.81. The molecule has 1 atom stereocenters. The summed E-state index contributed by atoms with van der Waals surface area (Å²) in [7, 11) is 0. The lowest BCUT2D eigenvalue weighted by atomic mass is 9.86. The van der Waals surface area contributed by atoms with Gasteiger partial charge in [-0.2, -0.15) is 0 Å². The van der Waals surface area contributed by atoms with E-state index in [1.807, 2.05) is 18.2 Å². The molecule has 0 aliphatic carbocycles. The van der Waals surface area contributed by atoms with E-state index in [0.29, 0.717) is 0 Å². The summed E-state index contributed by atoms with van der Waals surface area (Å²) >= 11 is 0. The molecule has 1 heteroatoms. The molecular formula is C15H22O. The fraction of sp³-hybridized carbons (Fsp3) is 0.467. The summed E-state index contributed by atoms with van der Waals surface area (Å²) in [5.74, 6) is 0. The van der Waals surface area contributed by atoms with Gasteiger partial charge in [0.15, 0.2) is 0 Å². The van der Waals surface area contributed by atoms with Crippen molar-refractivity contribution in [3.8, 4) is 0 Å². The third kappa shape index (κ3) is 3.49. The number of aliphatic hydroxyl groups excluding tert-OH is 1. The topological polar surface area (TPSA) is 20.2 Å². The summed E-state index contributed by atoms with van der Waals surface area (Å²) in [6, 6.07) is 8.25. The first-order valence-electron chi connectivity index (χ1n) is 5.84. The molecule has 0 saturated carbocycles. The molecule has 1 nitrogen and oxygen atoms in total. The van der Waals surface area contributed by atoms with Crippen LogP contribution in [0.1, 0.15) is 50.8 Å². The van der Waals surface area contributed by atoms with Gasteiger partial charge in [-0.15, -0.1) is 6.58 Å². The molecule has 0 aliphatic heterocycles. The quantitative estimate of drug-likeness (QED) is 0.758. The number of allylic oxidation sites excluding steroid dienone is 1. The van der Waals surface area contributed by atoms with Crippen LogP contribution >= 0.6 is 0 Å². The molecule has 0 spiro atoms. The van der Waals surface area contributed by atoms with Crippen LogP contribution in [0, 0.1) is 0 Å². The van der Waals surface area contributed by atoms with E-state index in [1.165, 1.54) is 5.56 Å². The Bertz CT molecular complexity index is 329. The fourth-order valence-corrected chi connectivity index (χ4v) is 1.65. The van der Waals surface area contributed by atoms with Crippen molar-refractivity contribution in [3.05, 3.63) is 48.0 Å². The van der Waals surface area contributed by atoms with Crippen molar-refractivity contribution in [2.75, 3.05) is 0 Å². The monoisotopic (exact) mass is 218 g/mol. The highest BCUT2D eigenvalue weighted by Crippen LogP contribution is 2.25. The van der Waals surface area contributed by atoms with Crippen LogP contribution in [0.2, 0.25) is 0 Å². The van der Waals surface area contributed by atoms with Crippen LogP contribution < -0.4 is 0 Å². The van der Waals surface area contributed by atoms with Crippen molar-refractivity contribution < 1.29 is 5.11 Å². The van der Waals surface area contributed by atoms with Crippen molar-refractivity contribution in [3.63, 3.8) is 0 Å². The first-order valence-corrected chi connectivity index (χ1v) is 5.84. The van der Waals surface area contributed by atoms with Gasteiger partial charge in [-0.05, 0) is 29.4 Å². The highest BCUT2D eigenvalue weighted by Gasteiger charge is 2.14.